The summed E-state index contributed by atoms with van der Waals surface area (Å²) < 4.78 is 31.5. The zero-order chi connectivity index (χ0) is 25.3. The van der Waals surface area contributed by atoms with Gasteiger partial charge in [0.05, 0.1) is 19.1 Å². The van der Waals surface area contributed by atoms with Crippen LogP contribution in [0, 0.1) is 0 Å². The number of rotatable bonds is 12. The number of anilines is 1. The highest BCUT2D eigenvalue weighted by Crippen LogP contribution is 2.21. The number of amides is 2. The predicted molar refractivity (Wildman–Crippen MR) is 134 cm³/mol. The Morgan fingerprint density at radius 3 is 2.26 bits per heavy atom. The summed E-state index contributed by atoms with van der Waals surface area (Å²) in [6.07, 6.45) is 2.19. The summed E-state index contributed by atoms with van der Waals surface area (Å²) in [6, 6.07) is 14.9. The van der Waals surface area contributed by atoms with E-state index in [0.29, 0.717) is 17.9 Å². The lowest BCUT2D eigenvalue weighted by molar-refractivity contribution is -0.140. The molecule has 0 bridgehead atoms. The number of carbonyl (C=O) groups excluding carboxylic acids is 2. The maximum Gasteiger partial charge on any atom is 0.244 e. The first kappa shape index (κ1) is 27.2. The maximum atomic E-state index is 13.6. The normalized spacial score (nSPS) is 13.0. The molecule has 34 heavy (non-hydrogen) atoms. The van der Waals surface area contributed by atoms with E-state index in [1.807, 2.05) is 32.9 Å². The van der Waals surface area contributed by atoms with Gasteiger partial charge in [0.25, 0.3) is 0 Å². The van der Waals surface area contributed by atoms with E-state index in [9.17, 15) is 18.0 Å². The number of sulfonamides is 1. The van der Waals surface area contributed by atoms with E-state index >= 15 is 0 Å². The highest BCUT2D eigenvalue weighted by Gasteiger charge is 2.32. The molecular formula is C25H35N3O5S. The number of nitrogens with zero attached hydrogens (tertiary/aromatic N) is 2. The number of benzene rings is 2. The Morgan fingerprint density at radius 1 is 1.03 bits per heavy atom. The molecule has 0 saturated heterocycles. The highest BCUT2D eigenvalue weighted by molar-refractivity contribution is 7.92. The van der Waals surface area contributed by atoms with Crippen LogP contribution in [0.4, 0.5) is 5.69 Å². The van der Waals surface area contributed by atoms with Gasteiger partial charge in [0, 0.05) is 12.6 Å². The first-order chi connectivity index (χ1) is 16.1. The molecule has 0 aliphatic rings. The van der Waals surface area contributed by atoms with E-state index in [1.165, 1.54) is 4.90 Å². The van der Waals surface area contributed by atoms with Gasteiger partial charge in [-0.15, -0.1) is 0 Å². The van der Waals surface area contributed by atoms with E-state index in [1.54, 1.807) is 49.6 Å². The first-order valence-corrected chi connectivity index (χ1v) is 13.2. The molecule has 0 aliphatic heterocycles. The van der Waals surface area contributed by atoms with Gasteiger partial charge >= 0.3 is 0 Å². The minimum atomic E-state index is -3.74. The predicted octanol–water partition coefficient (Wildman–Crippen LogP) is 3.18. The van der Waals surface area contributed by atoms with Crippen LogP contribution in [0.5, 0.6) is 5.75 Å². The fraction of sp³-hybridized carbons (Fsp3) is 0.440. The van der Waals surface area contributed by atoms with Crippen molar-refractivity contribution in [2.75, 3.05) is 24.2 Å². The topological polar surface area (TPSA) is 96.0 Å². The molecule has 2 aromatic rings. The van der Waals surface area contributed by atoms with Gasteiger partial charge in [-0.2, -0.15) is 0 Å². The Kier molecular flexibility index (Phi) is 9.92. The van der Waals surface area contributed by atoms with E-state index < -0.39 is 28.5 Å². The minimum Gasteiger partial charge on any atom is -0.497 e. The Balaban J connectivity index is 2.43. The van der Waals surface area contributed by atoms with E-state index in [-0.39, 0.29) is 18.5 Å². The standard InChI is InChI=1S/C25H35N3O5S/c1-6-19(3)26-25(30)23(7-2)27(17-20-12-11-15-22(16-20)33-4)24(29)18-28(34(5,31)32)21-13-9-8-10-14-21/h8-16,19,23H,6-7,17-18H2,1-5H3,(H,26,30)/t19-,23+/m1/s1. The second kappa shape index (κ2) is 12.4. The quantitative estimate of drug-likeness (QED) is 0.494. The monoisotopic (exact) mass is 489 g/mol. The smallest absolute Gasteiger partial charge is 0.244 e. The zero-order valence-corrected chi connectivity index (χ0v) is 21.3. The third-order valence-corrected chi connectivity index (χ3v) is 6.74. The third-order valence-electron chi connectivity index (χ3n) is 5.60. The van der Waals surface area contributed by atoms with Gasteiger partial charge in [0.15, 0.2) is 0 Å². The number of hydrogen-bond acceptors (Lipinski definition) is 5. The van der Waals surface area contributed by atoms with Crippen LogP contribution in [0.3, 0.4) is 0 Å². The van der Waals surface area contributed by atoms with Gasteiger partial charge in [0.1, 0.15) is 18.3 Å². The molecule has 0 spiro atoms. The summed E-state index contributed by atoms with van der Waals surface area (Å²) in [5.74, 6) is -0.106. The summed E-state index contributed by atoms with van der Waals surface area (Å²) in [5, 5.41) is 2.95. The average molecular weight is 490 g/mol. The molecule has 2 atom stereocenters. The lowest BCUT2D eigenvalue weighted by Crippen LogP contribution is -2.53. The second-order valence-electron chi connectivity index (χ2n) is 8.22. The molecule has 0 aromatic heterocycles. The van der Waals surface area contributed by atoms with Crippen LogP contribution < -0.4 is 14.4 Å². The Hall–Kier alpha value is -3.07. The van der Waals surface area contributed by atoms with Crippen molar-refractivity contribution in [1.82, 2.24) is 10.2 Å². The van der Waals surface area contributed by atoms with Crippen LogP contribution >= 0.6 is 0 Å². The van der Waals surface area contributed by atoms with Crippen molar-refractivity contribution < 1.29 is 22.7 Å². The van der Waals surface area contributed by atoms with Gasteiger partial charge < -0.3 is 15.0 Å². The van der Waals surface area contributed by atoms with Crippen molar-refractivity contribution in [3.63, 3.8) is 0 Å². The molecule has 9 heteroatoms. The summed E-state index contributed by atoms with van der Waals surface area (Å²) in [7, 11) is -2.18. The Labute approximate surface area is 202 Å². The maximum absolute atomic E-state index is 13.6. The number of nitrogens with one attached hydrogen (secondary N) is 1. The average Bonchev–Trinajstić information content (AvgIpc) is 2.82. The van der Waals surface area contributed by atoms with Gasteiger partial charge in [-0.1, -0.05) is 44.2 Å². The lowest BCUT2D eigenvalue weighted by atomic mass is 10.1. The SMILES string of the molecule is CC[C@@H](C)NC(=O)[C@H](CC)N(Cc1cccc(OC)c1)C(=O)CN(c1ccccc1)S(C)(=O)=O. The number of carbonyl (C=O) groups is 2. The zero-order valence-electron chi connectivity index (χ0n) is 20.5. The number of methoxy groups -OCH3 is 1. The fourth-order valence-electron chi connectivity index (χ4n) is 3.54. The molecule has 0 aliphatic carbocycles. The minimum absolute atomic E-state index is 0.0489. The van der Waals surface area contributed by atoms with Crippen LogP contribution in [0.2, 0.25) is 0 Å². The Morgan fingerprint density at radius 2 is 1.71 bits per heavy atom. The molecule has 2 aromatic carbocycles. The summed E-state index contributed by atoms with van der Waals surface area (Å²) in [4.78, 5) is 28.1. The van der Waals surface area contributed by atoms with Crippen LogP contribution in [-0.4, -0.2) is 57.1 Å². The molecule has 0 heterocycles. The van der Waals surface area contributed by atoms with Crippen molar-refractivity contribution in [3.8, 4) is 5.75 Å². The van der Waals surface area contributed by atoms with Crippen LogP contribution in [0.1, 0.15) is 39.2 Å². The molecule has 186 valence electrons. The highest BCUT2D eigenvalue weighted by atomic mass is 32.2. The number of ether oxygens (including phenoxy) is 1. The Bertz CT molecular complexity index is 1060. The van der Waals surface area contributed by atoms with Crippen molar-refractivity contribution in [2.45, 2.75) is 52.2 Å². The van der Waals surface area contributed by atoms with E-state index in [0.717, 1.165) is 22.5 Å². The molecule has 2 amide bonds. The van der Waals surface area contributed by atoms with Crippen molar-refractivity contribution >= 4 is 27.5 Å². The largest absolute Gasteiger partial charge is 0.497 e. The van der Waals surface area contributed by atoms with Gasteiger partial charge in [0.2, 0.25) is 21.8 Å². The molecule has 0 radical (unpaired) electrons. The molecule has 1 N–H and O–H groups in total. The molecule has 0 saturated carbocycles. The molecule has 8 nitrogen and oxygen atoms in total. The molecular weight excluding hydrogens is 454 g/mol. The number of para-hydroxylation sites is 1. The molecule has 2 rings (SSSR count). The van der Waals surface area contributed by atoms with Gasteiger partial charge in [-0.05, 0) is 49.6 Å². The van der Waals surface area contributed by atoms with Crippen LogP contribution in [0.25, 0.3) is 0 Å². The van der Waals surface area contributed by atoms with Gasteiger partial charge in [-0.25, -0.2) is 8.42 Å². The molecule has 0 unspecified atom stereocenters. The molecule has 0 fully saturated rings. The van der Waals surface area contributed by atoms with Gasteiger partial charge in [-0.3, -0.25) is 13.9 Å². The summed E-state index contributed by atoms with van der Waals surface area (Å²) in [5.41, 5.74) is 1.16. The first-order valence-electron chi connectivity index (χ1n) is 11.4. The van der Waals surface area contributed by atoms with E-state index in [4.69, 9.17) is 4.74 Å². The van der Waals surface area contributed by atoms with Crippen molar-refractivity contribution in [3.05, 3.63) is 60.2 Å². The van der Waals surface area contributed by atoms with Crippen molar-refractivity contribution in [2.24, 2.45) is 0 Å². The third kappa shape index (κ3) is 7.48. The lowest BCUT2D eigenvalue weighted by Gasteiger charge is -2.33. The van der Waals surface area contributed by atoms with Crippen LogP contribution in [-0.2, 0) is 26.2 Å². The fourth-order valence-corrected chi connectivity index (χ4v) is 4.39. The van der Waals surface area contributed by atoms with Crippen LogP contribution in [0.15, 0.2) is 54.6 Å². The van der Waals surface area contributed by atoms with Crippen molar-refractivity contribution in [1.29, 1.82) is 0 Å². The summed E-state index contributed by atoms with van der Waals surface area (Å²) >= 11 is 0. The second-order valence-corrected chi connectivity index (χ2v) is 10.1. The summed E-state index contributed by atoms with van der Waals surface area (Å²) in [6.45, 7) is 5.42. The van der Waals surface area contributed by atoms with E-state index in [2.05, 4.69) is 5.32 Å². The number of hydrogen-bond donors (Lipinski definition) is 1.